The van der Waals surface area contributed by atoms with E-state index in [1.54, 1.807) is 0 Å². The van der Waals surface area contributed by atoms with E-state index in [9.17, 15) is 13.6 Å². The Bertz CT molecular complexity index is 398. The van der Waals surface area contributed by atoms with Gasteiger partial charge < -0.3 is 10.8 Å². The van der Waals surface area contributed by atoms with Crippen molar-refractivity contribution in [2.45, 2.75) is 13.0 Å². The average molecular weight is 281 g/mol. The Labute approximate surface area is 92.2 Å². The zero-order valence-electron chi connectivity index (χ0n) is 7.38. The molecule has 0 atom stereocenters. The Morgan fingerprint density at radius 3 is 2.67 bits per heavy atom. The van der Waals surface area contributed by atoms with Gasteiger partial charge in [-0.3, -0.25) is 0 Å². The molecule has 0 aliphatic carbocycles. The van der Waals surface area contributed by atoms with E-state index in [1.165, 1.54) is 0 Å². The lowest BCUT2D eigenvalue weighted by molar-refractivity contribution is 0.0682. The van der Waals surface area contributed by atoms with Crippen LogP contribution in [0.5, 0.6) is 0 Å². The summed E-state index contributed by atoms with van der Waals surface area (Å²) >= 11 is 2.83. The molecule has 4 nitrogen and oxygen atoms in total. The van der Waals surface area contributed by atoms with Crippen molar-refractivity contribution >= 4 is 21.9 Å². The number of rotatable bonds is 3. The van der Waals surface area contributed by atoms with E-state index in [1.807, 2.05) is 0 Å². The van der Waals surface area contributed by atoms with E-state index in [0.29, 0.717) is 0 Å². The number of carboxylic acid groups (broad SMARTS) is 1. The van der Waals surface area contributed by atoms with Gasteiger partial charge in [-0.25, -0.2) is 18.6 Å². The fourth-order valence-corrected chi connectivity index (χ4v) is 1.70. The number of aromatic carboxylic acids is 1. The summed E-state index contributed by atoms with van der Waals surface area (Å²) in [6, 6.07) is 0.999. The van der Waals surface area contributed by atoms with Crippen LogP contribution in [0, 0.1) is 0 Å². The summed E-state index contributed by atoms with van der Waals surface area (Å²) in [4.78, 5) is 14.4. The summed E-state index contributed by atoms with van der Waals surface area (Å²) in [6.07, 6.45) is -2.87. The van der Waals surface area contributed by atoms with Gasteiger partial charge in [-0.15, -0.1) is 0 Å². The van der Waals surface area contributed by atoms with Gasteiger partial charge in [-0.1, -0.05) is 0 Å². The Morgan fingerprint density at radius 1 is 1.67 bits per heavy atom. The topological polar surface area (TPSA) is 76.2 Å². The quantitative estimate of drug-likeness (QED) is 0.830. The van der Waals surface area contributed by atoms with Gasteiger partial charge in [0.25, 0.3) is 6.43 Å². The van der Waals surface area contributed by atoms with Gasteiger partial charge >= 0.3 is 5.97 Å². The lowest BCUT2D eigenvalue weighted by Crippen LogP contribution is -2.09. The zero-order chi connectivity index (χ0) is 11.6. The Kier molecular flexibility index (Phi) is 3.70. The van der Waals surface area contributed by atoms with Crippen LogP contribution in [-0.2, 0) is 6.54 Å². The van der Waals surface area contributed by atoms with Crippen LogP contribution in [0.4, 0.5) is 8.78 Å². The Morgan fingerprint density at radius 2 is 2.27 bits per heavy atom. The number of nitrogens with zero attached hydrogens (tertiary/aromatic N) is 1. The highest BCUT2D eigenvalue weighted by molar-refractivity contribution is 9.10. The molecule has 0 aliphatic heterocycles. The first-order chi connectivity index (χ1) is 6.97. The third-order valence-corrected chi connectivity index (χ3v) is 2.29. The van der Waals surface area contributed by atoms with Crippen molar-refractivity contribution in [3.63, 3.8) is 0 Å². The number of carboxylic acids is 1. The number of pyridine rings is 1. The molecule has 0 aromatic carbocycles. The Hall–Kier alpha value is -1.08. The highest BCUT2D eigenvalue weighted by Gasteiger charge is 2.22. The first-order valence-corrected chi connectivity index (χ1v) is 4.67. The van der Waals surface area contributed by atoms with Crippen molar-refractivity contribution in [2.75, 3.05) is 0 Å². The summed E-state index contributed by atoms with van der Waals surface area (Å²) < 4.78 is 24.9. The second-order valence-corrected chi connectivity index (χ2v) is 3.43. The van der Waals surface area contributed by atoms with E-state index in [-0.39, 0.29) is 16.8 Å². The van der Waals surface area contributed by atoms with E-state index in [4.69, 9.17) is 10.8 Å². The third kappa shape index (κ3) is 2.48. The molecular weight excluding hydrogens is 274 g/mol. The second-order valence-electron chi connectivity index (χ2n) is 2.68. The van der Waals surface area contributed by atoms with Gasteiger partial charge in [0, 0.05) is 12.1 Å². The molecule has 0 fully saturated rings. The first-order valence-electron chi connectivity index (χ1n) is 3.88. The molecule has 0 aliphatic rings. The molecule has 1 aromatic heterocycles. The molecule has 7 heteroatoms. The molecule has 1 heterocycles. The standard InChI is InChI=1S/C8H7BrF2N2O2/c9-6-5(8(14)15)4(7(10)11)1-3(2-12)13-6/h1,7H,2,12H2,(H,14,15). The number of nitrogens with two attached hydrogens (primary N) is 1. The molecule has 82 valence electrons. The van der Waals surface area contributed by atoms with Gasteiger partial charge in [-0.05, 0) is 22.0 Å². The van der Waals surface area contributed by atoms with Crippen LogP contribution in [0.1, 0.15) is 28.0 Å². The number of aromatic nitrogens is 1. The van der Waals surface area contributed by atoms with E-state index >= 15 is 0 Å². The van der Waals surface area contributed by atoms with Crippen LogP contribution < -0.4 is 5.73 Å². The molecule has 0 radical (unpaired) electrons. The van der Waals surface area contributed by atoms with Crippen molar-refractivity contribution < 1.29 is 18.7 Å². The molecule has 1 rings (SSSR count). The third-order valence-electron chi connectivity index (χ3n) is 1.72. The summed E-state index contributed by atoms with van der Waals surface area (Å²) in [5.41, 5.74) is 4.34. The second kappa shape index (κ2) is 4.63. The highest BCUT2D eigenvalue weighted by Crippen LogP contribution is 2.28. The predicted octanol–water partition coefficient (Wildman–Crippen LogP) is 1.94. The first kappa shape index (κ1) is 12.0. The minimum atomic E-state index is -2.87. The summed E-state index contributed by atoms with van der Waals surface area (Å²) in [6.45, 7) is -0.0295. The zero-order valence-corrected chi connectivity index (χ0v) is 8.96. The molecule has 0 spiro atoms. The minimum Gasteiger partial charge on any atom is -0.478 e. The summed E-state index contributed by atoms with van der Waals surface area (Å²) in [7, 11) is 0. The SMILES string of the molecule is NCc1cc(C(F)F)c(C(=O)O)c(Br)n1. The summed E-state index contributed by atoms with van der Waals surface area (Å²) in [5.74, 6) is -1.45. The van der Waals surface area contributed by atoms with Crippen molar-refractivity contribution in [3.8, 4) is 0 Å². The Balaban J connectivity index is 3.42. The number of alkyl halides is 2. The predicted molar refractivity (Wildman–Crippen MR) is 51.7 cm³/mol. The molecule has 0 saturated carbocycles. The van der Waals surface area contributed by atoms with Crippen molar-refractivity contribution in [1.29, 1.82) is 0 Å². The van der Waals surface area contributed by atoms with E-state index in [0.717, 1.165) is 6.07 Å². The maximum absolute atomic E-state index is 12.5. The van der Waals surface area contributed by atoms with Crippen LogP contribution in [0.3, 0.4) is 0 Å². The van der Waals surface area contributed by atoms with Gasteiger partial charge in [0.15, 0.2) is 0 Å². The van der Waals surface area contributed by atoms with E-state index < -0.39 is 23.5 Å². The molecule has 0 saturated heterocycles. The normalized spacial score (nSPS) is 10.7. The minimum absolute atomic E-state index is 0.0295. The van der Waals surface area contributed by atoms with Crippen LogP contribution in [-0.4, -0.2) is 16.1 Å². The molecular formula is C8H7BrF2N2O2. The highest BCUT2D eigenvalue weighted by atomic mass is 79.9. The molecule has 0 amide bonds. The molecule has 15 heavy (non-hydrogen) atoms. The number of hydrogen-bond donors (Lipinski definition) is 2. The van der Waals surface area contributed by atoms with Gasteiger partial charge in [-0.2, -0.15) is 0 Å². The smallest absolute Gasteiger partial charge is 0.338 e. The van der Waals surface area contributed by atoms with Crippen molar-refractivity contribution in [2.24, 2.45) is 5.73 Å². The number of carbonyl (C=O) groups is 1. The van der Waals surface area contributed by atoms with Gasteiger partial charge in [0.1, 0.15) is 10.2 Å². The number of hydrogen-bond acceptors (Lipinski definition) is 3. The number of halogens is 3. The van der Waals surface area contributed by atoms with Crippen LogP contribution >= 0.6 is 15.9 Å². The van der Waals surface area contributed by atoms with Gasteiger partial charge in [0.2, 0.25) is 0 Å². The molecule has 0 bridgehead atoms. The van der Waals surface area contributed by atoms with Crippen molar-refractivity contribution in [1.82, 2.24) is 4.98 Å². The fourth-order valence-electron chi connectivity index (χ4n) is 1.07. The average Bonchev–Trinajstić information content (AvgIpc) is 2.15. The molecule has 1 aromatic rings. The maximum Gasteiger partial charge on any atom is 0.338 e. The van der Waals surface area contributed by atoms with Gasteiger partial charge in [0.05, 0.1) is 5.69 Å². The molecule has 3 N–H and O–H groups in total. The van der Waals surface area contributed by atoms with Crippen molar-refractivity contribution in [3.05, 3.63) is 27.5 Å². The summed E-state index contributed by atoms with van der Waals surface area (Å²) in [5, 5.41) is 8.72. The monoisotopic (exact) mass is 280 g/mol. The molecule has 0 unspecified atom stereocenters. The van der Waals surface area contributed by atoms with Crippen LogP contribution in [0.25, 0.3) is 0 Å². The lowest BCUT2D eigenvalue weighted by Gasteiger charge is -2.08. The van der Waals surface area contributed by atoms with Crippen LogP contribution in [0.2, 0.25) is 0 Å². The van der Waals surface area contributed by atoms with Crippen LogP contribution in [0.15, 0.2) is 10.7 Å². The lowest BCUT2D eigenvalue weighted by atomic mass is 10.1. The maximum atomic E-state index is 12.5. The fraction of sp³-hybridized carbons (Fsp3) is 0.250. The largest absolute Gasteiger partial charge is 0.478 e. The van der Waals surface area contributed by atoms with E-state index in [2.05, 4.69) is 20.9 Å².